The van der Waals surface area contributed by atoms with Crippen LogP contribution in [0, 0.1) is 5.92 Å². The number of guanidine groups is 1. The zero-order valence-corrected chi connectivity index (χ0v) is 19.7. The molecule has 0 aromatic carbocycles. The van der Waals surface area contributed by atoms with E-state index in [2.05, 4.69) is 62.0 Å². The van der Waals surface area contributed by atoms with E-state index in [9.17, 15) is 0 Å². The molecule has 0 bridgehead atoms. The summed E-state index contributed by atoms with van der Waals surface area (Å²) < 4.78 is 0. The van der Waals surface area contributed by atoms with E-state index in [1.54, 1.807) is 0 Å². The maximum absolute atomic E-state index is 4.84. The van der Waals surface area contributed by atoms with Crippen LogP contribution in [0.1, 0.15) is 54.4 Å². The van der Waals surface area contributed by atoms with Gasteiger partial charge in [0.15, 0.2) is 5.96 Å². The van der Waals surface area contributed by atoms with Gasteiger partial charge in [-0.2, -0.15) is 0 Å². The molecular weight excluding hydrogens is 425 g/mol. The molecule has 1 heterocycles. The van der Waals surface area contributed by atoms with Crippen LogP contribution in [-0.2, 0) is 0 Å². The Bertz CT molecular complexity index is 352. The second kappa shape index (κ2) is 14.0. The summed E-state index contributed by atoms with van der Waals surface area (Å²) in [4.78, 5) is 9.90. The molecule has 1 aliphatic rings. The molecule has 1 fully saturated rings. The first-order valence-electron chi connectivity index (χ1n) is 9.98. The second-order valence-corrected chi connectivity index (χ2v) is 7.47. The van der Waals surface area contributed by atoms with Crippen LogP contribution < -0.4 is 10.6 Å². The molecule has 0 aromatic rings. The van der Waals surface area contributed by atoms with Crippen molar-refractivity contribution in [1.29, 1.82) is 0 Å². The van der Waals surface area contributed by atoms with Crippen molar-refractivity contribution in [2.24, 2.45) is 10.9 Å². The summed E-state index contributed by atoms with van der Waals surface area (Å²) in [6.45, 7) is 20.9. The van der Waals surface area contributed by atoms with Gasteiger partial charge in [0.05, 0.1) is 0 Å². The molecule has 150 valence electrons. The van der Waals surface area contributed by atoms with E-state index in [1.165, 1.54) is 32.5 Å². The summed E-state index contributed by atoms with van der Waals surface area (Å²) in [5.74, 6) is 1.68. The molecular formula is C19H42IN5. The number of rotatable bonds is 9. The fourth-order valence-corrected chi connectivity index (χ4v) is 3.57. The lowest BCUT2D eigenvalue weighted by Gasteiger charge is -2.31. The van der Waals surface area contributed by atoms with Crippen molar-refractivity contribution >= 4 is 29.9 Å². The van der Waals surface area contributed by atoms with Gasteiger partial charge in [0.1, 0.15) is 0 Å². The minimum absolute atomic E-state index is 0. The molecule has 0 amide bonds. The van der Waals surface area contributed by atoms with Crippen molar-refractivity contribution in [1.82, 2.24) is 20.4 Å². The van der Waals surface area contributed by atoms with E-state index in [0.717, 1.165) is 32.1 Å². The average Bonchev–Trinajstić information content (AvgIpc) is 2.55. The molecule has 1 atom stereocenters. The van der Waals surface area contributed by atoms with Gasteiger partial charge in [0.25, 0.3) is 0 Å². The van der Waals surface area contributed by atoms with Crippen molar-refractivity contribution in [2.45, 2.75) is 66.5 Å². The number of likely N-dealkylation sites (tertiary alicyclic amines) is 1. The Kier molecular flexibility index (Phi) is 14.0. The third kappa shape index (κ3) is 9.99. The zero-order chi connectivity index (χ0) is 17.9. The van der Waals surface area contributed by atoms with Crippen LogP contribution in [-0.4, -0.2) is 73.7 Å². The van der Waals surface area contributed by atoms with Crippen LogP contribution in [0.2, 0.25) is 0 Å². The minimum Gasteiger partial charge on any atom is -0.357 e. The summed E-state index contributed by atoms with van der Waals surface area (Å²) in [6.07, 6.45) is 2.63. The zero-order valence-electron chi connectivity index (χ0n) is 17.3. The number of hydrogen-bond donors (Lipinski definition) is 2. The second-order valence-electron chi connectivity index (χ2n) is 7.47. The van der Waals surface area contributed by atoms with Gasteiger partial charge in [-0.3, -0.25) is 9.89 Å². The van der Waals surface area contributed by atoms with E-state index < -0.39 is 0 Å². The van der Waals surface area contributed by atoms with Crippen LogP contribution in [0.4, 0.5) is 0 Å². The molecule has 1 rings (SSSR count). The number of piperidine rings is 1. The highest BCUT2D eigenvalue weighted by Crippen LogP contribution is 2.16. The summed E-state index contributed by atoms with van der Waals surface area (Å²) in [6, 6.07) is 1.15. The largest absolute Gasteiger partial charge is 0.357 e. The third-order valence-corrected chi connectivity index (χ3v) is 4.89. The SMILES string of the molecule is CCNC(=NCC1CCCN(CC)C1)NCCN(C(C)C)C(C)C.I. The number of halogens is 1. The highest BCUT2D eigenvalue weighted by molar-refractivity contribution is 14.0. The van der Waals surface area contributed by atoms with Gasteiger partial charge in [0, 0.05) is 44.8 Å². The summed E-state index contributed by atoms with van der Waals surface area (Å²) in [5.41, 5.74) is 0. The Hall–Kier alpha value is -0.0800. The van der Waals surface area contributed by atoms with Crippen LogP contribution in [0.5, 0.6) is 0 Å². The highest BCUT2D eigenvalue weighted by atomic mass is 127. The van der Waals surface area contributed by atoms with Gasteiger partial charge in [-0.25, -0.2) is 0 Å². The normalized spacial score (nSPS) is 19.4. The first-order valence-corrected chi connectivity index (χ1v) is 9.98. The van der Waals surface area contributed by atoms with Gasteiger partial charge in [-0.1, -0.05) is 6.92 Å². The minimum atomic E-state index is 0. The molecule has 1 aliphatic heterocycles. The Labute approximate surface area is 173 Å². The Morgan fingerprint density at radius 3 is 2.40 bits per heavy atom. The standard InChI is InChI=1S/C19H41N5.HI/c1-7-20-19(21-11-13-24(16(3)4)17(5)6)22-14-18-10-9-12-23(8-2)15-18;/h16-18H,7-15H2,1-6H3,(H2,20,21,22);1H. The Morgan fingerprint density at radius 2 is 1.84 bits per heavy atom. The predicted octanol–water partition coefficient (Wildman–Crippen LogP) is 3.01. The van der Waals surface area contributed by atoms with Crippen molar-refractivity contribution in [2.75, 3.05) is 45.8 Å². The topological polar surface area (TPSA) is 42.9 Å². The Balaban J connectivity index is 0.00000576. The molecule has 25 heavy (non-hydrogen) atoms. The fraction of sp³-hybridized carbons (Fsp3) is 0.947. The molecule has 6 heteroatoms. The van der Waals surface area contributed by atoms with Gasteiger partial charge in [-0.15, -0.1) is 24.0 Å². The number of nitrogens with zero attached hydrogens (tertiary/aromatic N) is 3. The van der Waals surface area contributed by atoms with E-state index in [1.807, 2.05) is 0 Å². The molecule has 2 N–H and O–H groups in total. The first kappa shape index (κ1) is 24.9. The quantitative estimate of drug-likeness (QED) is 0.311. The number of aliphatic imine (C=N–C) groups is 1. The Morgan fingerprint density at radius 1 is 1.16 bits per heavy atom. The van der Waals surface area contributed by atoms with Gasteiger partial charge in [0.2, 0.25) is 0 Å². The smallest absolute Gasteiger partial charge is 0.191 e. The third-order valence-electron chi connectivity index (χ3n) is 4.89. The lowest BCUT2D eigenvalue weighted by molar-refractivity contribution is 0.178. The van der Waals surface area contributed by atoms with Crippen LogP contribution >= 0.6 is 24.0 Å². The van der Waals surface area contributed by atoms with E-state index in [4.69, 9.17) is 4.99 Å². The van der Waals surface area contributed by atoms with E-state index in [0.29, 0.717) is 18.0 Å². The summed E-state index contributed by atoms with van der Waals surface area (Å²) >= 11 is 0. The molecule has 1 unspecified atom stereocenters. The van der Waals surface area contributed by atoms with Crippen LogP contribution in [0.3, 0.4) is 0 Å². The predicted molar refractivity (Wildman–Crippen MR) is 121 cm³/mol. The van der Waals surface area contributed by atoms with Gasteiger partial charge >= 0.3 is 0 Å². The van der Waals surface area contributed by atoms with E-state index >= 15 is 0 Å². The maximum atomic E-state index is 4.84. The molecule has 5 nitrogen and oxygen atoms in total. The lowest BCUT2D eigenvalue weighted by atomic mass is 9.98. The maximum Gasteiger partial charge on any atom is 0.191 e. The van der Waals surface area contributed by atoms with Crippen molar-refractivity contribution in [3.63, 3.8) is 0 Å². The highest BCUT2D eigenvalue weighted by Gasteiger charge is 2.18. The van der Waals surface area contributed by atoms with Crippen molar-refractivity contribution in [3.8, 4) is 0 Å². The lowest BCUT2D eigenvalue weighted by Crippen LogP contribution is -2.45. The fourth-order valence-electron chi connectivity index (χ4n) is 3.57. The van der Waals surface area contributed by atoms with E-state index in [-0.39, 0.29) is 24.0 Å². The summed E-state index contributed by atoms with van der Waals surface area (Å²) in [5, 5.41) is 6.90. The van der Waals surface area contributed by atoms with Crippen molar-refractivity contribution < 1.29 is 0 Å². The number of nitrogens with one attached hydrogen (secondary N) is 2. The number of hydrogen-bond acceptors (Lipinski definition) is 3. The van der Waals surface area contributed by atoms with Gasteiger partial charge in [-0.05, 0) is 66.5 Å². The molecule has 0 saturated carbocycles. The van der Waals surface area contributed by atoms with Gasteiger partial charge < -0.3 is 15.5 Å². The monoisotopic (exact) mass is 467 g/mol. The molecule has 0 spiro atoms. The summed E-state index contributed by atoms with van der Waals surface area (Å²) in [7, 11) is 0. The van der Waals surface area contributed by atoms with Crippen LogP contribution in [0.15, 0.2) is 4.99 Å². The molecule has 0 radical (unpaired) electrons. The molecule has 1 saturated heterocycles. The first-order chi connectivity index (χ1) is 11.5. The van der Waals surface area contributed by atoms with Crippen molar-refractivity contribution in [3.05, 3.63) is 0 Å². The molecule has 0 aliphatic carbocycles. The molecule has 0 aromatic heterocycles. The average molecular weight is 467 g/mol. The van der Waals surface area contributed by atoms with Crippen LogP contribution in [0.25, 0.3) is 0 Å².